The van der Waals surface area contributed by atoms with Gasteiger partial charge in [0.15, 0.2) is 0 Å². The Morgan fingerprint density at radius 2 is 1.37 bits per heavy atom. The van der Waals surface area contributed by atoms with Crippen LogP contribution in [0.15, 0.2) is 109 Å². The summed E-state index contributed by atoms with van der Waals surface area (Å²) in [5, 5.41) is 3.55. The second kappa shape index (κ2) is 15.3. The van der Waals surface area contributed by atoms with E-state index in [1.807, 2.05) is 81.4 Å². The molecule has 0 unspecified atom stereocenters. The number of nitrogens with one attached hydrogen (secondary N) is 1. The van der Waals surface area contributed by atoms with E-state index >= 15 is 0 Å². The van der Waals surface area contributed by atoms with Gasteiger partial charge in [0.2, 0.25) is 21.8 Å². The van der Waals surface area contributed by atoms with E-state index in [0.717, 1.165) is 27.3 Å². The Hall–Kier alpha value is -4.34. The Morgan fingerprint density at radius 3 is 1.91 bits per heavy atom. The minimum atomic E-state index is -3.90. The van der Waals surface area contributed by atoms with Crippen molar-refractivity contribution >= 4 is 39.1 Å². The van der Waals surface area contributed by atoms with Gasteiger partial charge in [-0.3, -0.25) is 13.9 Å². The van der Waals surface area contributed by atoms with Crippen molar-refractivity contribution in [3.8, 4) is 5.75 Å². The molecule has 0 fully saturated rings. The summed E-state index contributed by atoms with van der Waals surface area (Å²) < 4.78 is 33.1. The third-order valence-corrected chi connectivity index (χ3v) is 8.48. The number of carbonyl (C=O) groups is 2. The Kier molecular flexibility index (Phi) is 11.5. The summed E-state index contributed by atoms with van der Waals surface area (Å²) in [5.74, 6) is -0.321. The highest BCUT2D eigenvalue weighted by atomic mass is 35.5. The number of hydrogen-bond donors (Lipinski definition) is 1. The van der Waals surface area contributed by atoms with E-state index in [-0.39, 0.29) is 18.9 Å². The maximum atomic E-state index is 14.3. The van der Waals surface area contributed by atoms with E-state index < -0.39 is 34.1 Å². The molecule has 1 N–H and O–H groups in total. The minimum Gasteiger partial charge on any atom is -0.489 e. The van der Waals surface area contributed by atoms with Crippen LogP contribution in [0.5, 0.6) is 5.75 Å². The van der Waals surface area contributed by atoms with Crippen LogP contribution in [0.1, 0.15) is 37.5 Å². The van der Waals surface area contributed by atoms with Crippen molar-refractivity contribution in [3.05, 3.63) is 131 Å². The van der Waals surface area contributed by atoms with Crippen molar-refractivity contribution in [2.24, 2.45) is 0 Å². The molecule has 0 aromatic heterocycles. The van der Waals surface area contributed by atoms with Crippen LogP contribution < -0.4 is 14.4 Å². The zero-order valence-corrected chi connectivity index (χ0v) is 28.1. The van der Waals surface area contributed by atoms with Gasteiger partial charge in [-0.25, -0.2) is 8.42 Å². The van der Waals surface area contributed by atoms with E-state index in [1.165, 1.54) is 4.90 Å². The Morgan fingerprint density at radius 1 is 0.804 bits per heavy atom. The predicted octanol–water partition coefficient (Wildman–Crippen LogP) is 6.24. The lowest BCUT2D eigenvalue weighted by atomic mass is 10.0. The van der Waals surface area contributed by atoms with Crippen LogP contribution in [-0.2, 0) is 39.2 Å². The van der Waals surface area contributed by atoms with Crippen LogP contribution in [0.4, 0.5) is 5.69 Å². The molecule has 0 aliphatic carbocycles. The molecule has 0 aliphatic heterocycles. The molecule has 0 saturated heterocycles. The average Bonchev–Trinajstić information content (AvgIpc) is 3.01. The summed E-state index contributed by atoms with van der Waals surface area (Å²) >= 11 is 6.13. The fraction of sp³-hybridized carbons (Fsp3) is 0.278. The molecule has 46 heavy (non-hydrogen) atoms. The predicted molar refractivity (Wildman–Crippen MR) is 183 cm³/mol. The Bertz CT molecular complexity index is 1690. The molecule has 0 heterocycles. The lowest BCUT2D eigenvalue weighted by molar-refractivity contribution is -0.140. The smallest absolute Gasteiger partial charge is 0.244 e. The average molecular weight is 662 g/mol. The molecule has 2 amide bonds. The summed E-state index contributed by atoms with van der Waals surface area (Å²) in [4.78, 5) is 29.5. The van der Waals surface area contributed by atoms with Gasteiger partial charge >= 0.3 is 0 Å². The SMILES string of the molecule is CC(C)(C)NC(=O)[C@@H](Cc1ccccc1)N(Cc1ccc(Cl)cc1)C(=O)CN(c1ccc(OCc2ccccc2)cc1)S(C)(=O)=O. The van der Waals surface area contributed by atoms with Crippen LogP contribution in [0.2, 0.25) is 5.02 Å². The molecular formula is C36H40ClN3O5S. The fourth-order valence-electron chi connectivity index (χ4n) is 4.86. The molecule has 4 aromatic carbocycles. The van der Waals surface area contributed by atoms with Gasteiger partial charge in [0.05, 0.1) is 11.9 Å². The van der Waals surface area contributed by atoms with E-state index in [2.05, 4.69) is 5.32 Å². The third kappa shape index (κ3) is 10.4. The number of nitrogens with zero attached hydrogens (tertiary/aromatic N) is 2. The summed E-state index contributed by atoms with van der Waals surface area (Å²) in [6, 6.07) is 31.7. The number of hydrogen-bond acceptors (Lipinski definition) is 5. The van der Waals surface area contributed by atoms with E-state index in [0.29, 0.717) is 23.1 Å². The van der Waals surface area contributed by atoms with Crippen LogP contribution in [-0.4, -0.2) is 49.5 Å². The second-order valence-electron chi connectivity index (χ2n) is 12.1. The molecule has 4 aromatic rings. The highest BCUT2D eigenvalue weighted by Gasteiger charge is 2.34. The van der Waals surface area contributed by atoms with E-state index in [1.54, 1.807) is 48.5 Å². The molecule has 242 valence electrons. The topological polar surface area (TPSA) is 96.0 Å². The van der Waals surface area contributed by atoms with Crippen molar-refractivity contribution in [1.29, 1.82) is 0 Å². The summed E-state index contributed by atoms with van der Waals surface area (Å²) in [5.41, 5.74) is 2.33. The van der Waals surface area contributed by atoms with Crippen LogP contribution in [0.25, 0.3) is 0 Å². The first-order valence-electron chi connectivity index (χ1n) is 14.9. The van der Waals surface area contributed by atoms with Gasteiger partial charge < -0.3 is 15.0 Å². The molecule has 1 atom stereocenters. The highest BCUT2D eigenvalue weighted by Crippen LogP contribution is 2.24. The Balaban J connectivity index is 1.65. The highest BCUT2D eigenvalue weighted by molar-refractivity contribution is 7.92. The standard InChI is InChI=1S/C36H40ClN3O5S/c1-36(2,3)38-35(42)33(23-27-11-7-5-8-12-27)39(24-28-15-17-30(37)18-16-28)34(41)25-40(46(4,43)44)31-19-21-32(22-20-31)45-26-29-13-9-6-10-14-29/h5-22,33H,23-26H2,1-4H3,(H,38,42)/t33-/m1/s1. The minimum absolute atomic E-state index is 0.0644. The van der Waals surface area contributed by atoms with Gasteiger partial charge in [0.1, 0.15) is 24.9 Å². The number of benzene rings is 4. The zero-order valence-electron chi connectivity index (χ0n) is 26.5. The maximum Gasteiger partial charge on any atom is 0.244 e. The van der Waals surface area contributed by atoms with Crippen LogP contribution >= 0.6 is 11.6 Å². The van der Waals surface area contributed by atoms with Gasteiger partial charge in [-0.05, 0) is 73.9 Å². The van der Waals surface area contributed by atoms with Gasteiger partial charge in [0, 0.05) is 23.5 Å². The number of ether oxygens (including phenoxy) is 1. The largest absolute Gasteiger partial charge is 0.489 e. The fourth-order valence-corrected chi connectivity index (χ4v) is 5.83. The first kappa shape index (κ1) is 34.5. The zero-order chi connectivity index (χ0) is 33.3. The number of carbonyl (C=O) groups excluding carboxylic acids is 2. The molecule has 0 bridgehead atoms. The lowest BCUT2D eigenvalue weighted by Crippen LogP contribution is -2.56. The molecule has 8 nitrogen and oxygen atoms in total. The number of anilines is 1. The molecule has 4 rings (SSSR count). The van der Waals surface area contributed by atoms with Gasteiger partial charge in [-0.15, -0.1) is 0 Å². The lowest BCUT2D eigenvalue weighted by Gasteiger charge is -2.35. The van der Waals surface area contributed by atoms with E-state index in [9.17, 15) is 18.0 Å². The summed E-state index contributed by atoms with van der Waals surface area (Å²) in [6.07, 6.45) is 1.28. The van der Waals surface area contributed by atoms with Crippen molar-refractivity contribution in [3.63, 3.8) is 0 Å². The molecule has 0 aliphatic rings. The number of amides is 2. The van der Waals surface area contributed by atoms with Crippen molar-refractivity contribution < 1.29 is 22.7 Å². The molecule has 0 saturated carbocycles. The second-order valence-corrected chi connectivity index (χ2v) is 14.5. The van der Waals surface area contributed by atoms with Crippen molar-refractivity contribution in [2.45, 2.75) is 51.9 Å². The van der Waals surface area contributed by atoms with E-state index in [4.69, 9.17) is 16.3 Å². The number of halogens is 1. The molecule has 0 radical (unpaired) electrons. The van der Waals surface area contributed by atoms with Crippen LogP contribution in [0, 0.1) is 0 Å². The van der Waals surface area contributed by atoms with Gasteiger partial charge in [-0.2, -0.15) is 0 Å². The Labute approximate surface area is 277 Å². The molecule has 0 spiro atoms. The number of rotatable bonds is 13. The first-order valence-corrected chi connectivity index (χ1v) is 17.2. The van der Waals surface area contributed by atoms with Crippen LogP contribution in [0.3, 0.4) is 0 Å². The first-order chi connectivity index (χ1) is 21.8. The van der Waals surface area contributed by atoms with Crippen molar-refractivity contribution in [1.82, 2.24) is 10.2 Å². The summed E-state index contributed by atoms with van der Waals surface area (Å²) in [6.45, 7) is 5.52. The number of sulfonamides is 1. The third-order valence-electron chi connectivity index (χ3n) is 7.09. The normalized spacial score (nSPS) is 12.2. The summed E-state index contributed by atoms with van der Waals surface area (Å²) in [7, 11) is -3.90. The maximum absolute atomic E-state index is 14.3. The molecular weight excluding hydrogens is 622 g/mol. The molecule has 10 heteroatoms. The quantitative estimate of drug-likeness (QED) is 0.183. The van der Waals surface area contributed by atoms with Gasteiger partial charge in [-0.1, -0.05) is 84.4 Å². The van der Waals surface area contributed by atoms with Gasteiger partial charge in [0.25, 0.3) is 0 Å². The monoisotopic (exact) mass is 661 g/mol. The van der Waals surface area contributed by atoms with Crippen molar-refractivity contribution in [2.75, 3.05) is 17.1 Å².